The quantitative estimate of drug-likeness (QED) is 0.694. The van der Waals surface area contributed by atoms with Crippen LogP contribution in [0.25, 0.3) is 0 Å². The van der Waals surface area contributed by atoms with E-state index in [-0.39, 0.29) is 5.69 Å². The fraction of sp³-hybridized carbons (Fsp3) is 0.0526. The lowest BCUT2D eigenvalue weighted by atomic mass is 10.2. The molecule has 0 aliphatic rings. The largest absolute Gasteiger partial charge is 0.495 e. The molecule has 0 atom stereocenters. The summed E-state index contributed by atoms with van der Waals surface area (Å²) < 4.78 is 5.09. The maximum Gasteiger partial charge on any atom is 0.274 e. The van der Waals surface area contributed by atoms with Gasteiger partial charge < -0.3 is 15.4 Å². The van der Waals surface area contributed by atoms with Crippen LogP contribution >= 0.6 is 11.6 Å². The lowest BCUT2D eigenvalue weighted by Crippen LogP contribution is -2.14. The normalized spacial score (nSPS) is 9.96. The van der Waals surface area contributed by atoms with E-state index in [0.29, 0.717) is 27.8 Å². The molecule has 0 unspecified atom stereocenters. The molecule has 3 rings (SSSR count). The van der Waals surface area contributed by atoms with E-state index in [9.17, 15) is 4.79 Å². The summed E-state index contributed by atoms with van der Waals surface area (Å²) in [6.07, 6.45) is 1.29. The van der Waals surface area contributed by atoms with Crippen molar-refractivity contribution in [3.63, 3.8) is 0 Å². The summed E-state index contributed by atoms with van der Waals surface area (Å²) in [6.45, 7) is 0. The average molecular weight is 380 g/mol. The first kappa shape index (κ1) is 18.2. The van der Waals surface area contributed by atoms with E-state index in [0.717, 1.165) is 5.69 Å². The number of methoxy groups -OCH3 is 1. The molecule has 0 aliphatic heterocycles. The second-order valence-corrected chi connectivity index (χ2v) is 5.81. The van der Waals surface area contributed by atoms with Crippen molar-refractivity contribution in [1.29, 1.82) is 5.26 Å². The summed E-state index contributed by atoms with van der Waals surface area (Å²) in [5.41, 5.74) is 2.00. The van der Waals surface area contributed by atoms with Crippen molar-refractivity contribution in [2.75, 3.05) is 17.7 Å². The number of hydrogen-bond donors (Lipinski definition) is 2. The summed E-state index contributed by atoms with van der Waals surface area (Å²) >= 11 is 6.06. The minimum atomic E-state index is -0.401. The maximum atomic E-state index is 12.4. The number of hydrogen-bond acceptors (Lipinski definition) is 6. The number of anilines is 3. The smallest absolute Gasteiger partial charge is 0.274 e. The summed E-state index contributed by atoms with van der Waals surface area (Å²) in [4.78, 5) is 20.5. The van der Waals surface area contributed by atoms with Gasteiger partial charge in [0.2, 0.25) is 0 Å². The molecule has 0 saturated heterocycles. The Hall–Kier alpha value is -3.63. The van der Waals surface area contributed by atoms with Gasteiger partial charge in [0.05, 0.1) is 23.8 Å². The van der Waals surface area contributed by atoms with Crippen molar-refractivity contribution in [2.45, 2.75) is 0 Å². The van der Waals surface area contributed by atoms with E-state index in [2.05, 4.69) is 26.7 Å². The van der Waals surface area contributed by atoms with Gasteiger partial charge >= 0.3 is 0 Å². The van der Waals surface area contributed by atoms with Crippen LogP contribution in [-0.4, -0.2) is 23.0 Å². The first-order valence-electron chi connectivity index (χ1n) is 7.83. The predicted molar refractivity (Wildman–Crippen MR) is 102 cm³/mol. The number of nitriles is 1. The fourth-order valence-electron chi connectivity index (χ4n) is 2.27. The number of nitrogens with one attached hydrogen (secondary N) is 2. The zero-order valence-corrected chi connectivity index (χ0v) is 15.0. The molecule has 0 saturated carbocycles. The number of aromatic nitrogens is 2. The van der Waals surface area contributed by atoms with Gasteiger partial charge in [0.25, 0.3) is 5.91 Å². The van der Waals surface area contributed by atoms with E-state index in [1.165, 1.54) is 19.5 Å². The Morgan fingerprint density at radius 2 is 1.85 bits per heavy atom. The molecule has 0 aliphatic carbocycles. The minimum Gasteiger partial charge on any atom is -0.495 e. The molecule has 7 nitrogen and oxygen atoms in total. The van der Waals surface area contributed by atoms with Gasteiger partial charge in [-0.05, 0) is 42.5 Å². The number of carbonyl (C=O) groups excluding carboxylic acids is 1. The van der Waals surface area contributed by atoms with Crippen LogP contribution in [0.5, 0.6) is 5.75 Å². The Bertz CT molecular complexity index is 1020. The lowest BCUT2D eigenvalue weighted by molar-refractivity contribution is 0.102. The zero-order valence-electron chi connectivity index (χ0n) is 14.2. The SMILES string of the molecule is COc1ccc(NC(=O)c2cc(Nc3ccc(C#N)cc3)ncn2)cc1Cl. The highest BCUT2D eigenvalue weighted by molar-refractivity contribution is 6.32. The van der Waals surface area contributed by atoms with E-state index >= 15 is 0 Å². The maximum absolute atomic E-state index is 12.4. The minimum absolute atomic E-state index is 0.188. The Labute approximate surface area is 160 Å². The van der Waals surface area contributed by atoms with Gasteiger partial charge in [0, 0.05) is 17.4 Å². The first-order chi connectivity index (χ1) is 13.1. The molecule has 2 aromatic carbocycles. The monoisotopic (exact) mass is 379 g/mol. The van der Waals surface area contributed by atoms with Gasteiger partial charge in [-0.15, -0.1) is 0 Å². The van der Waals surface area contributed by atoms with Crippen LogP contribution in [0.3, 0.4) is 0 Å². The Morgan fingerprint density at radius 1 is 1.11 bits per heavy atom. The Balaban J connectivity index is 1.73. The van der Waals surface area contributed by atoms with Gasteiger partial charge in [0.15, 0.2) is 0 Å². The number of ether oxygens (including phenoxy) is 1. The number of nitrogens with zero attached hydrogens (tertiary/aromatic N) is 3. The first-order valence-corrected chi connectivity index (χ1v) is 8.21. The van der Waals surface area contributed by atoms with Crippen LogP contribution in [-0.2, 0) is 0 Å². The molecule has 0 fully saturated rings. The van der Waals surface area contributed by atoms with E-state index in [1.54, 1.807) is 42.5 Å². The van der Waals surface area contributed by atoms with Crippen LogP contribution < -0.4 is 15.4 Å². The Morgan fingerprint density at radius 3 is 2.52 bits per heavy atom. The van der Waals surface area contributed by atoms with Gasteiger partial charge in [-0.2, -0.15) is 5.26 Å². The topological polar surface area (TPSA) is 99.9 Å². The van der Waals surface area contributed by atoms with Crippen molar-refractivity contribution in [2.24, 2.45) is 0 Å². The standard InChI is InChI=1S/C19H14ClN5O2/c1-27-17-7-6-14(8-15(17)20)25-19(26)16-9-18(23-11-22-16)24-13-4-2-12(10-21)3-5-13/h2-9,11H,1H3,(H,25,26)(H,22,23,24). The van der Waals surface area contributed by atoms with E-state index in [1.807, 2.05) is 0 Å². The van der Waals surface area contributed by atoms with Crippen LogP contribution in [0.2, 0.25) is 5.02 Å². The van der Waals surface area contributed by atoms with Crippen molar-refractivity contribution in [3.8, 4) is 11.8 Å². The van der Waals surface area contributed by atoms with Crippen molar-refractivity contribution >= 4 is 34.7 Å². The second-order valence-electron chi connectivity index (χ2n) is 5.41. The average Bonchev–Trinajstić information content (AvgIpc) is 2.69. The molecule has 0 spiro atoms. The van der Waals surface area contributed by atoms with Crippen molar-refractivity contribution < 1.29 is 9.53 Å². The number of halogens is 1. The number of benzene rings is 2. The van der Waals surface area contributed by atoms with Gasteiger partial charge in [0.1, 0.15) is 23.6 Å². The third-order valence-corrected chi connectivity index (χ3v) is 3.89. The van der Waals surface area contributed by atoms with Crippen LogP contribution in [0.4, 0.5) is 17.2 Å². The molecule has 1 amide bonds. The molecular formula is C19H14ClN5O2. The molecule has 1 heterocycles. The van der Waals surface area contributed by atoms with Gasteiger partial charge in [-0.3, -0.25) is 4.79 Å². The van der Waals surface area contributed by atoms with Gasteiger partial charge in [-0.25, -0.2) is 9.97 Å². The fourth-order valence-corrected chi connectivity index (χ4v) is 2.52. The van der Waals surface area contributed by atoms with Crippen molar-refractivity contribution in [3.05, 3.63) is 71.1 Å². The zero-order chi connectivity index (χ0) is 19.2. The molecule has 8 heteroatoms. The summed E-state index contributed by atoms with van der Waals surface area (Å²) in [5, 5.41) is 15.0. The van der Waals surface area contributed by atoms with Crippen LogP contribution in [0.1, 0.15) is 16.1 Å². The van der Waals surface area contributed by atoms with E-state index in [4.69, 9.17) is 21.6 Å². The number of rotatable bonds is 5. The highest BCUT2D eigenvalue weighted by atomic mass is 35.5. The highest BCUT2D eigenvalue weighted by Crippen LogP contribution is 2.27. The summed E-state index contributed by atoms with van der Waals surface area (Å²) in [5.74, 6) is 0.569. The molecule has 27 heavy (non-hydrogen) atoms. The summed E-state index contributed by atoms with van der Waals surface area (Å²) in [7, 11) is 1.52. The molecule has 0 radical (unpaired) electrons. The number of carbonyl (C=O) groups is 1. The third kappa shape index (κ3) is 4.51. The molecule has 0 bridgehead atoms. The number of amides is 1. The molecule has 2 N–H and O–H groups in total. The predicted octanol–water partition coefficient (Wildman–Crippen LogP) is 4.01. The Kier molecular flexibility index (Phi) is 5.50. The van der Waals surface area contributed by atoms with Gasteiger partial charge in [-0.1, -0.05) is 11.6 Å². The van der Waals surface area contributed by atoms with Crippen LogP contribution in [0.15, 0.2) is 54.9 Å². The van der Waals surface area contributed by atoms with Crippen LogP contribution in [0, 0.1) is 11.3 Å². The third-order valence-electron chi connectivity index (χ3n) is 3.60. The van der Waals surface area contributed by atoms with E-state index < -0.39 is 5.91 Å². The molecular weight excluding hydrogens is 366 g/mol. The lowest BCUT2D eigenvalue weighted by Gasteiger charge is -2.09. The molecule has 3 aromatic rings. The second kappa shape index (κ2) is 8.17. The molecule has 1 aromatic heterocycles. The summed E-state index contributed by atoms with van der Waals surface area (Å²) in [6, 6.07) is 15.4. The molecule has 134 valence electrons. The highest BCUT2D eigenvalue weighted by Gasteiger charge is 2.11. The van der Waals surface area contributed by atoms with Crippen molar-refractivity contribution in [1.82, 2.24) is 9.97 Å².